The first-order valence-corrected chi connectivity index (χ1v) is 7.61. The topological polar surface area (TPSA) is 104 Å². The second kappa shape index (κ2) is 6.75. The van der Waals surface area contributed by atoms with E-state index in [4.69, 9.17) is 0 Å². The monoisotopic (exact) mass is 356 g/mol. The Morgan fingerprint density at radius 2 is 1.54 bits per heavy atom. The SMILES string of the molecule is O=C(CN1C(=O)c2ccccc2C1=O)NC(C(=O)O)c1ccc(F)cc1. The highest BCUT2D eigenvalue weighted by molar-refractivity contribution is 6.22. The van der Waals surface area contributed by atoms with Crippen LogP contribution in [0.5, 0.6) is 0 Å². The van der Waals surface area contributed by atoms with Crippen LogP contribution in [-0.4, -0.2) is 40.2 Å². The van der Waals surface area contributed by atoms with Crippen LogP contribution < -0.4 is 5.32 Å². The summed E-state index contributed by atoms with van der Waals surface area (Å²) in [5.41, 5.74) is 0.548. The molecule has 0 bridgehead atoms. The summed E-state index contributed by atoms with van der Waals surface area (Å²) in [5, 5.41) is 11.5. The predicted octanol–water partition coefficient (Wildman–Crippen LogP) is 1.36. The van der Waals surface area contributed by atoms with Gasteiger partial charge in [-0.2, -0.15) is 0 Å². The zero-order valence-electron chi connectivity index (χ0n) is 13.3. The molecule has 1 aliphatic rings. The molecule has 0 aliphatic carbocycles. The number of carbonyl (C=O) groups is 4. The molecule has 0 fully saturated rings. The molecular formula is C18H13FN2O5. The number of hydrogen-bond acceptors (Lipinski definition) is 4. The summed E-state index contributed by atoms with van der Waals surface area (Å²) < 4.78 is 13.0. The molecule has 3 amide bonds. The molecule has 0 aromatic heterocycles. The molecule has 0 radical (unpaired) electrons. The fraction of sp³-hybridized carbons (Fsp3) is 0.111. The maximum absolute atomic E-state index is 13.0. The molecular weight excluding hydrogens is 343 g/mol. The molecule has 1 heterocycles. The van der Waals surface area contributed by atoms with Gasteiger partial charge in [-0.1, -0.05) is 24.3 Å². The molecule has 1 aliphatic heterocycles. The zero-order valence-corrected chi connectivity index (χ0v) is 13.3. The molecule has 3 rings (SSSR count). The number of carbonyl (C=O) groups excluding carboxylic acids is 3. The average Bonchev–Trinajstić information content (AvgIpc) is 2.86. The Bertz CT molecular complexity index is 875. The minimum Gasteiger partial charge on any atom is -0.479 e. The van der Waals surface area contributed by atoms with E-state index < -0.39 is 42.1 Å². The Morgan fingerprint density at radius 3 is 2.04 bits per heavy atom. The Labute approximate surface area is 147 Å². The summed E-state index contributed by atoms with van der Waals surface area (Å²) in [7, 11) is 0. The van der Waals surface area contributed by atoms with Crippen molar-refractivity contribution in [3.63, 3.8) is 0 Å². The predicted molar refractivity (Wildman–Crippen MR) is 86.7 cm³/mol. The fourth-order valence-electron chi connectivity index (χ4n) is 2.68. The number of amides is 3. The minimum absolute atomic E-state index is 0.162. The van der Waals surface area contributed by atoms with E-state index in [9.17, 15) is 28.7 Å². The Hall–Kier alpha value is -3.55. The third-order valence-corrected chi connectivity index (χ3v) is 3.94. The van der Waals surface area contributed by atoms with Crippen LogP contribution in [0.1, 0.15) is 32.3 Å². The van der Waals surface area contributed by atoms with E-state index in [0.29, 0.717) is 0 Å². The number of benzene rings is 2. The highest BCUT2D eigenvalue weighted by atomic mass is 19.1. The van der Waals surface area contributed by atoms with Crippen molar-refractivity contribution in [2.75, 3.05) is 6.54 Å². The number of carboxylic acids is 1. The second-order valence-corrected chi connectivity index (χ2v) is 5.63. The maximum Gasteiger partial charge on any atom is 0.330 e. The number of imide groups is 1. The molecule has 132 valence electrons. The van der Waals surface area contributed by atoms with E-state index in [2.05, 4.69) is 5.32 Å². The number of nitrogens with zero attached hydrogens (tertiary/aromatic N) is 1. The lowest BCUT2D eigenvalue weighted by atomic mass is 10.1. The van der Waals surface area contributed by atoms with Crippen molar-refractivity contribution in [1.82, 2.24) is 10.2 Å². The number of halogens is 1. The smallest absolute Gasteiger partial charge is 0.330 e. The number of aliphatic carboxylic acids is 1. The van der Waals surface area contributed by atoms with Gasteiger partial charge in [0, 0.05) is 0 Å². The number of rotatable bonds is 5. The van der Waals surface area contributed by atoms with E-state index in [1.807, 2.05) is 0 Å². The highest BCUT2D eigenvalue weighted by Gasteiger charge is 2.36. The normalized spacial score (nSPS) is 14.1. The maximum atomic E-state index is 13.0. The largest absolute Gasteiger partial charge is 0.479 e. The molecule has 7 nitrogen and oxygen atoms in total. The van der Waals surface area contributed by atoms with Gasteiger partial charge in [0.05, 0.1) is 11.1 Å². The summed E-state index contributed by atoms with van der Waals surface area (Å²) in [6.45, 7) is -0.614. The lowest BCUT2D eigenvalue weighted by Crippen LogP contribution is -2.43. The van der Waals surface area contributed by atoms with Crippen LogP contribution in [0, 0.1) is 5.82 Å². The summed E-state index contributed by atoms with van der Waals surface area (Å²) in [6, 6.07) is 9.33. The first kappa shape index (κ1) is 17.3. The van der Waals surface area contributed by atoms with E-state index in [1.54, 1.807) is 12.1 Å². The minimum atomic E-state index is -1.43. The van der Waals surface area contributed by atoms with Crippen LogP contribution in [0.2, 0.25) is 0 Å². The van der Waals surface area contributed by atoms with Crippen LogP contribution in [-0.2, 0) is 9.59 Å². The Balaban J connectivity index is 1.74. The standard InChI is InChI=1S/C18H13FN2O5/c19-11-7-5-10(6-8-11)15(18(25)26)20-14(22)9-21-16(23)12-3-1-2-4-13(12)17(21)24/h1-8,15H,9H2,(H,20,22)(H,25,26). The quantitative estimate of drug-likeness (QED) is 0.788. The van der Waals surface area contributed by atoms with Gasteiger partial charge in [0.25, 0.3) is 11.8 Å². The van der Waals surface area contributed by atoms with Crippen molar-refractivity contribution in [2.45, 2.75) is 6.04 Å². The van der Waals surface area contributed by atoms with E-state index in [-0.39, 0.29) is 16.7 Å². The Morgan fingerprint density at radius 1 is 1.00 bits per heavy atom. The first-order chi connectivity index (χ1) is 12.4. The molecule has 8 heteroatoms. The van der Waals surface area contributed by atoms with Crippen molar-refractivity contribution in [3.8, 4) is 0 Å². The summed E-state index contributed by atoms with van der Waals surface area (Å²) >= 11 is 0. The number of fused-ring (bicyclic) bond motifs is 1. The van der Waals surface area contributed by atoms with Crippen molar-refractivity contribution in [1.29, 1.82) is 0 Å². The number of carboxylic acid groups (broad SMARTS) is 1. The van der Waals surface area contributed by atoms with Crippen LogP contribution >= 0.6 is 0 Å². The summed E-state index contributed by atoms with van der Waals surface area (Å²) in [4.78, 5) is 48.8. The lowest BCUT2D eigenvalue weighted by Gasteiger charge is -2.18. The van der Waals surface area contributed by atoms with Gasteiger partial charge in [-0.3, -0.25) is 19.3 Å². The van der Waals surface area contributed by atoms with E-state index in [1.165, 1.54) is 24.3 Å². The fourth-order valence-corrected chi connectivity index (χ4v) is 2.68. The molecule has 1 unspecified atom stereocenters. The van der Waals surface area contributed by atoms with Gasteiger partial charge >= 0.3 is 5.97 Å². The summed E-state index contributed by atoms with van der Waals surface area (Å²) in [5.74, 6) is -3.96. The molecule has 2 aromatic rings. The van der Waals surface area contributed by atoms with Crippen LogP contribution in [0.25, 0.3) is 0 Å². The number of nitrogens with one attached hydrogen (secondary N) is 1. The van der Waals surface area contributed by atoms with Gasteiger partial charge in [-0.25, -0.2) is 9.18 Å². The molecule has 1 atom stereocenters. The van der Waals surface area contributed by atoms with Crippen LogP contribution in [0.3, 0.4) is 0 Å². The second-order valence-electron chi connectivity index (χ2n) is 5.63. The van der Waals surface area contributed by atoms with E-state index >= 15 is 0 Å². The van der Waals surface area contributed by atoms with Gasteiger partial charge < -0.3 is 10.4 Å². The molecule has 0 saturated carbocycles. The summed E-state index contributed by atoms with van der Waals surface area (Å²) in [6.07, 6.45) is 0. The lowest BCUT2D eigenvalue weighted by molar-refractivity contribution is -0.142. The van der Waals surface area contributed by atoms with Gasteiger partial charge in [0.1, 0.15) is 12.4 Å². The van der Waals surface area contributed by atoms with Crippen molar-refractivity contribution >= 4 is 23.7 Å². The van der Waals surface area contributed by atoms with Crippen molar-refractivity contribution < 1.29 is 28.7 Å². The molecule has 0 spiro atoms. The van der Waals surface area contributed by atoms with Gasteiger partial charge in [0.2, 0.25) is 5.91 Å². The molecule has 0 saturated heterocycles. The molecule has 26 heavy (non-hydrogen) atoms. The van der Waals surface area contributed by atoms with Gasteiger partial charge in [-0.15, -0.1) is 0 Å². The highest BCUT2D eigenvalue weighted by Crippen LogP contribution is 2.22. The number of hydrogen-bond donors (Lipinski definition) is 2. The van der Waals surface area contributed by atoms with E-state index in [0.717, 1.165) is 17.0 Å². The van der Waals surface area contributed by atoms with Crippen molar-refractivity contribution in [2.24, 2.45) is 0 Å². The van der Waals surface area contributed by atoms with Gasteiger partial charge in [0.15, 0.2) is 6.04 Å². The van der Waals surface area contributed by atoms with Crippen molar-refractivity contribution in [3.05, 3.63) is 71.0 Å². The average molecular weight is 356 g/mol. The first-order valence-electron chi connectivity index (χ1n) is 7.61. The molecule has 2 N–H and O–H groups in total. The zero-order chi connectivity index (χ0) is 18.8. The Kier molecular flexibility index (Phi) is 4.49. The van der Waals surface area contributed by atoms with Crippen LogP contribution in [0.15, 0.2) is 48.5 Å². The van der Waals surface area contributed by atoms with Gasteiger partial charge in [-0.05, 0) is 29.8 Å². The molecule has 2 aromatic carbocycles. The van der Waals surface area contributed by atoms with Crippen LogP contribution in [0.4, 0.5) is 4.39 Å². The third-order valence-electron chi connectivity index (χ3n) is 3.94. The third kappa shape index (κ3) is 3.16.